The number of benzene rings is 3. The number of rotatable bonds is 7. The molecule has 0 saturated heterocycles. The van der Waals surface area contributed by atoms with E-state index in [0.29, 0.717) is 34.1 Å². The van der Waals surface area contributed by atoms with Crippen LogP contribution in [-0.4, -0.2) is 38.4 Å². The third-order valence-corrected chi connectivity index (χ3v) is 5.42. The van der Waals surface area contributed by atoms with Crippen molar-refractivity contribution in [1.82, 2.24) is 10.4 Å². The number of hydrogen-bond donors (Lipinski definition) is 1. The predicted molar refractivity (Wildman–Crippen MR) is 133 cm³/mol. The van der Waals surface area contributed by atoms with E-state index < -0.39 is 0 Å². The molecule has 1 heterocycles. The number of para-hydroxylation sites is 1. The molecule has 7 nitrogen and oxygen atoms in total. The quantitative estimate of drug-likeness (QED) is 0.313. The van der Waals surface area contributed by atoms with Gasteiger partial charge in [-0.3, -0.25) is 4.79 Å². The SMILES string of the molecule is COc1cc(OC)c(/C=N/NC(=O)c2cc(-c3ccc(C)cc3)nc3ccccc23)c(OC)c1. The van der Waals surface area contributed by atoms with Crippen molar-refractivity contribution in [1.29, 1.82) is 0 Å². The Balaban J connectivity index is 1.68. The molecular formula is C27H25N3O4. The molecule has 0 bridgehead atoms. The molecule has 1 aromatic heterocycles. The van der Waals surface area contributed by atoms with Gasteiger partial charge in [-0.25, -0.2) is 10.4 Å². The highest BCUT2D eigenvalue weighted by Gasteiger charge is 2.15. The molecule has 4 rings (SSSR count). The first kappa shape index (κ1) is 22.8. The molecule has 34 heavy (non-hydrogen) atoms. The zero-order valence-corrected chi connectivity index (χ0v) is 19.5. The summed E-state index contributed by atoms with van der Waals surface area (Å²) in [5.41, 5.74) is 7.20. The normalized spacial score (nSPS) is 10.9. The number of nitrogens with one attached hydrogen (secondary N) is 1. The summed E-state index contributed by atoms with van der Waals surface area (Å²) in [4.78, 5) is 17.9. The van der Waals surface area contributed by atoms with E-state index in [9.17, 15) is 4.79 Å². The van der Waals surface area contributed by atoms with Gasteiger partial charge in [0.1, 0.15) is 17.2 Å². The minimum Gasteiger partial charge on any atom is -0.496 e. The number of aryl methyl sites for hydroxylation is 1. The van der Waals surface area contributed by atoms with Gasteiger partial charge in [0.05, 0.1) is 49.9 Å². The molecule has 7 heteroatoms. The Morgan fingerprint density at radius 1 is 0.912 bits per heavy atom. The monoisotopic (exact) mass is 455 g/mol. The summed E-state index contributed by atoms with van der Waals surface area (Å²) in [6.45, 7) is 2.03. The molecule has 0 aliphatic rings. The number of ether oxygens (including phenoxy) is 3. The van der Waals surface area contributed by atoms with Crippen molar-refractivity contribution in [2.75, 3.05) is 21.3 Å². The zero-order valence-electron chi connectivity index (χ0n) is 19.5. The molecule has 0 unspecified atom stereocenters. The van der Waals surface area contributed by atoms with Crippen molar-refractivity contribution < 1.29 is 19.0 Å². The van der Waals surface area contributed by atoms with Crippen LogP contribution in [0.25, 0.3) is 22.2 Å². The van der Waals surface area contributed by atoms with Gasteiger partial charge in [0.2, 0.25) is 0 Å². The lowest BCUT2D eigenvalue weighted by Crippen LogP contribution is -2.18. The van der Waals surface area contributed by atoms with Gasteiger partial charge in [0.15, 0.2) is 0 Å². The maximum absolute atomic E-state index is 13.2. The van der Waals surface area contributed by atoms with Gasteiger partial charge in [0.25, 0.3) is 5.91 Å². The maximum atomic E-state index is 13.2. The van der Waals surface area contributed by atoms with E-state index in [1.807, 2.05) is 55.5 Å². The van der Waals surface area contributed by atoms with Crippen molar-refractivity contribution >= 4 is 23.0 Å². The Kier molecular flexibility index (Phi) is 6.73. The molecule has 0 radical (unpaired) electrons. The van der Waals surface area contributed by atoms with Gasteiger partial charge in [-0.2, -0.15) is 5.10 Å². The third kappa shape index (κ3) is 4.68. The molecular weight excluding hydrogens is 430 g/mol. The van der Waals surface area contributed by atoms with E-state index in [1.165, 1.54) is 6.21 Å². The molecule has 0 saturated carbocycles. The minimum atomic E-state index is -0.352. The van der Waals surface area contributed by atoms with Crippen LogP contribution in [0, 0.1) is 6.92 Å². The van der Waals surface area contributed by atoms with Crippen LogP contribution < -0.4 is 19.6 Å². The minimum absolute atomic E-state index is 0.352. The van der Waals surface area contributed by atoms with Crippen LogP contribution in [0.1, 0.15) is 21.5 Å². The van der Waals surface area contributed by atoms with Crippen LogP contribution in [0.4, 0.5) is 0 Å². The van der Waals surface area contributed by atoms with E-state index in [4.69, 9.17) is 19.2 Å². The molecule has 4 aromatic rings. The molecule has 172 valence electrons. The summed E-state index contributed by atoms with van der Waals surface area (Å²) in [5.74, 6) is 1.24. The third-order valence-electron chi connectivity index (χ3n) is 5.42. The van der Waals surface area contributed by atoms with Gasteiger partial charge in [-0.05, 0) is 19.1 Å². The lowest BCUT2D eigenvalue weighted by atomic mass is 10.0. The van der Waals surface area contributed by atoms with Gasteiger partial charge in [-0.1, -0.05) is 48.0 Å². The van der Waals surface area contributed by atoms with Crippen LogP contribution in [0.2, 0.25) is 0 Å². The molecule has 0 atom stereocenters. The number of pyridine rings is 1. The number of hydrazone groups is 1. The van der Waals surface area contributed by atoms with Crippen LogP contribution >= 0.6 is 0 Å². The Bertz CT molecular complexity index is 1340. The first-order valence-corrected chi connectivity index (χ1v) is 10.6. The molecule has 1 N–H and O–H groups in total. The first-order valence-electron chi connectivity index (χ1n) is 10.6. The molecule has 0 aliphatic carbocycles. The van der Waals surface area contributed by atoms with Gasteiger partial charge in [0, 0.05) is 23.1 Å². The number of fused-ring (bicyclic) bond motifs is 1. The van der Waals surface area contributed by atoms with Crippen molar-refractivity contribution in [3.63, 3.8) is 0 Å². The first-order chi connectivity index (χ1) is 16.5. The maximum Gasteiger partial charge on any atom is 0.272 e. The fourth-order valence-electron chi connectivity index (χ4n) is 3.61. The molecule has 1 amide bonds. The highest BCUT2D eigenvalue weighted by atomic mass is 16.5. The van der Waals surface area contributed by atoms with Crippen molar-refractivity contribution in [2.45, 2.75) is 6.92 Å². The second-order valence-corrected chi connectivity index (χ2v) is 7.58. The van der Waals surface area contributed by atoms with Crippen molar-refractivity contribution in [2.24, 2.45) is 5.10 Å². The number of hydrogen-bond acceptors (Lipinski definition) is 6. The van der Waals surface area contributed by atoms with E-state index in [1.54, 1.807) is 39.5 Å². The van der Waals surface area contributed by atoms with Gasteiger partial charge < -0.3 is 14.2 Å². The summed E-state index contributed by atoms with van der Waals surface area (Å²) < 4.78 is 16.1. The zero-order chi connectivity index (χ0) is 24.1. The fraction of sp³-hybridized carbons (Fsp3) is 0.148. The molecule has 0 spiro atoms. The highest BCUT2D eigenvalue weighted by Crippen LogP contribution is 2.32. The Morgan fingerprint density at radius 2 is 1.59 bits per heavy atom. The summed E-state index contributed by atoms with van der Waals surface area (Å²) in [7, 11) is 4.64. The standard InChI is InChI=1S/C27H25N3O4/c1-17-9-11-18(12-10-17)24-15-21(20-7-5-6-8-23(20)29-24)27(31)30-28-16-22-25(33-3)13-19(32-2)14-26(22)34-4/h5-16H,1-4H3,(H,30,31)/b28-16+. The Labute approximate surface area is 198 Å². The van der Waals surface area contributed by atoms with Gasteiger partial charge >= 0.3 is 0 Å². The lowest BCUT2D eigenvalue weighted by Gasteiger charge is -2.12. The number of methoxy groups -OCH3 is 3. The smallest absolute Gasteiger partial charge is 0.272 e. The Hall–Kier alpha value is -4.39. The van der Waals surface area contributed by atoms with E-state index in [2.05, 4.69) is 10.5 Å². The highest BCUT2D eigenvalue weighted by molar-refractivity contribution is 6.07. The molecule has 3 aromatic carbocycles. The van der Waals surface area contributed by atoms with Gasteiger partial charge in [-0.15, -0.1) is 0 Å². The number of carbonyl (C=O) groups excluding carboxylic acids is 1. The number of aromatic nitrogens is 1. The van der Waals surface area contributed by atoms with Crippen LogP contribution in [0.5, 0.6) is 17.2 Å². The predicted octanol–water partition coefficient (Wildman–Crippen LogP) is 5.00. The fourth-order valence-corrected chi connectivity index (χ4v) is 3.61. The van der Waals surface area contributed by atoms with Crippen molar-refractivity contribution in [3.05, 3.63) is 83.4 Å². The summed E-state index contributed by atoms with van der Waals surface area (Å²) in [6, 6.07) is 20.8. The summed E-state index contributed by atoms with van der Waals surface area (Å²) in [5, 5.41) is 4.91. The number of nitrogens with zero attached hydrogens (tertiary/aromatic N) is 2. The summed E-state index contributed by atoms with van der Waals surface area (Å²) in [6.07, 6.45) is 1.49. The summed E-state index contributed by atoms with van der Waals surface area (Å²) >= 11 is 0. The number of carbonyl (C=O) groups is 1. The second-order valence-electron chi connectivity index (χ2n) is 7.58. The largest absolute Gasteiger partial charge is 0.496 e. The van der Waals surface area contributed by atoms with E-state index in [-0.39, 0.29) is 5.91 Å². The Morgan fingerprint density at radius 3 is 2.24 bits per heavy atom. The van der Waals surface area contributed by atoms with Crippen molar-refractivity contribution in [3.8, 4) is 28.5 Å². The van der Waals surface area contributed by atoms with E-state index >= 15 is 0 Å². The number of amides is 1. The second kappa shape index (κ2) is 10.0. The van der Waals surface area contributed by atoms with E-state index in [0.717, 1.165) is 22.0 Å². The average molecular weight is 456 g/mol. The average Bonchev–Trinajstić information content (AvgIpc) is 2.88. The topological polar surface area (TPSA) is 82.0 Å². The van der Waals surface area contributed by atoms with Crippen LogP contribution in [0.3, 0.4) is 0 Å². The lowest BCUT2D eigenvalue weighted by molar-refractivity contribution is 0.0956. The molecule has 0 aliphatic heterocycles. The van der Waals surface area contributed by atoms with Crippen LogP contribution in [0.15, 0.2) is 71.8 Å². The van der Waals surface area contributed by atoms with Crippen LogP contribution in [-0.2, 0) is 0 Å². The molecule has 0 fully saturated rings.